The van der Waals surface area contributed by atoms with Crippen LogP contribution >= 0.6 is 11.3 Å². The van der Waals surface area contributed by atoms with E-state index in [1.807, 2.05) is 72.8 Å². The first-order chi connectivity index (χ1) is 27.2. The molecule has 0 bridgehead atoms. The maximum atomic E-state index is 14.1. The Morgan fingerprint density at radius 2 is 1.77 bits per heavy atom. The molecule has 0 spiro atoms. The second-order valence-electron chi connectivity index (χ2n) is 13.9. The number of aromatic nitrogens is 5. The molecule has 2 aromatic carbocycles. The Morgan fingerprint density at radius 1 is 0.929 bits per heavy atom. The van der Waals surface area contributed by atoms with Gasteiger partial charge in [-0.05, 0) is 79.6 Å². The summed E-state index contributed by atoms with van der Waals surface area (Å²) >= 11 is 1.58. The summed E-state index contributed by atoms with van der Waals surface area (Å²) in [6.07, 6.45) is 4.10. The number of benzene rings is 2. The Balaban J connectivity index is 1.05. The highest BCUT2D eigenvalue weighted by Gasteiger charge is 2.29. The van der Waals surface area contributed by atoms with Crippen molar-refractivity contribution in [3.8, 4) is 28.5 Å². The molecule has 0 atom stereocenters. The molecule has 288 valence electrons. The normalized spacial score (nSPS) is 14.5. The van der Waals surface area contributed by atoms with Crippen LogP contribution in [0.4, 0.5) is 11.5 Å². The zero-order valence-corrected chi connectivity index (χ0v) is 33.1. The minimum Gasteiger partial charge on any atom is -0.496 e. The number of carbonyl (C=O) groups excluding carboxylic acids is 1. The van der Waals surface area contributed by atoms with Gasteiger partial charge in [-0.1, -0.05) is 36.3 Å². The van der Waals surface area contributed by atoms with Crippen LogP contribution in [0.1, 0.15) is 63.5 Å². The van der Waals surface area contributed by atoms with Gasteiger partial charge in [-0.2, -0.15) is 4.98 Å². The maximum absolute atomic E-state index is 14.1. The van der Waals surface area contributed by atoms with Crippen LogP contribution in [0, 0.1) is 0 Å². The number of anilines is 2. The SMILES string of the molecule is CCc1noc(CN(C)c2nc(-c3cccc(-c4ccc(CN(Cc5cccs5)C(=O)c5ccc(N6CCCS6(=O)=O)cc5)c(OC)c4)n3)nc3c2CCC3)n1. The summed E-state index contributed by atoms with van der Waals surface area (Å²) in [5.41, 5.74) is 6.28. The van der Waals surface area contributed by atoms with E-state index in [2.05, 4.69) is 10.1 Å². The molecule has 5 heterocycles. The Kier molecular flexibility index (Phi) is 10.5. The number of rotatable bonds is 13. The summed E-state index contributed by atoms with van der Waals surface area (Å²) in [5.74, 6) is 3.20. The molecule has 0 N–H and O–H groups in total. The van der Waals surface area contributed by atoms with Gasteiger partial charge < -0.3 is 19.1 Å². The summed E-state index contributed by atoms with van der Waals surface area (Å²) in [6.45, 7) is 3.56. The lowest BCUT2D eigenvalue weighted by Crippen LogP contribution is -2.30. The molecule has 1 saturated heterocycles. The number of nitrogens with zero attached hydrogens (tertiary/aromatic N) is 8. The fourth-order valence-electron chi connectivity index (χ4n) is 7.25. The van der Waals surface area contributed by atoms with Crippen LogP contribution < -0.4 is 13.9 Å². The lowest BCUT2D eigenvalue weighted by Gasteiger charge is -2.24. The third-order valence-electron chi connectivity index (χ3n) is 10.1. The van der Waals surface area contributed by atoms with Crippen LogP contribution in [-0.4, -0.2) is 70.8 Å². The van der Waals surface area contributed by atoms with E-state index in [-0.39, 0.29) is 11.7 Å². The van der Waals surface area contributed by atoms with E-state index in [9.17, 15) is 13.2 Å². The number of sulfonamides is 1. The van der Waals surface area contributed by atoms with Gasteiger partial charge in [0.1, 0.15) is 17.3 Å². The number of ether oxygens (including phenoxy) is 1. The number of hydrogen-bond acceptors (Lipinski definition) is 12. The Morgan fingerprint density at radius 3 is 2.50 bits per heavy atom. The van der Waals surface area contributed by atoms with E-state index < -0.39 is 10.0 Å². The first-order valence-corrected chi connectivity index (χ1v) is 21.2. The zero-order chi connectivity index (χ0) is 38.8. The molecule has 4 aromatic heterocycles. The maximum Gasteiger partial charge on any atom is 0.254 e. The molecule has 56 heavy (non-hydrogen) atoms. The second-order valence-corrected chi connectivity index (χ2v) is 17.0. The van der Waals surface area contributed by atoms with Crippen molar-refractivity contribution in [2.45, 2.75) is 58.7 Å². The van der Waals surface area contributed by atoms with Crippen LogP contribution in [0.2, 0.25) is 0 Å². The highest BCUT2D eigenvalue weighted by molar-refractivity contribution is 7.93. The van der Waals surface area contributed by atoms with Crippen molar-refractivity contribution in [3.05, 3.63) is 117 Å². The van der Waals surface area contributed by atoms with E-state index in [1.165, 1.54) is 4.31 Å². The third kappa shape index (κ3) is 7.73. The minimum atomic E-state index is -3.32. The Labute approximate surface area is 330 Å². The standard InChI is InChI=1S/C41H42N8O5S2/c1-4-37-44-38(54-46-37)26-47(2)40-32-10-5-12-34(32)43-39(45-40)35-13-6-11-33(42-35)28-14-15-29(36(23-28)53-3)24-48(25-31-9-7-21-55-31)41(50)27-16-18-30(19-17-27)49-20-8-22-56(49,51)52/h6-7,9,11,13-19,21,23H,4-5,8,10,12,20,22,24-26H2,1-3H3. The molecule has 1 aliphatic carbocycles. The molecule has 0 unspecified atom stereocenters. The van der Waals surface area contributed by atoms with Gasteiger partial charge in [-0.3, -0.25) is 9.10 Å². The average Bonchev–Trinajstić information content (AvgIpc) is 4.06. The van der Waals surface area contributed by atoms with E-state index in [0.29, 0.717) is 79.3 Å². The fraction of sp³-hybridized carbons (Fsp3) is 0.317. The number of fused-ring (bicyclic) bond motifs is 1. The Hall–Kier alpha value is -5.67. The predicted molar refractivity (Wildman–Crippen MR) is 215 cm³/mol. The minimum absolute atomic E-state index is 0.135. The number of pyridine rings is 1. The monoisotopic (exact) mass is 790 g/mol. The third-order valence-corrected chi connectivity index (χ3v) is 12.8. The van der Waals surface area contributed by atoms with E-state index in [0.717, 1.165) is 58.0 Å². The van der Waals surface area contributed by atoms with Crippen LogP contribution in [0.3, 0.4) is 0 Å². The number of thiophene rings is 1. The van der Waals surface area contributed by atoms with Gasteiger partial charge in [0, 0.05) is 52.8 Å². The van der Waals surface area contributed by atoms with Crippen LogP contribution in [0.5, 0.6) is 5.75 Å². The van der Waals surface area contributed by atoms with Gasteiger partial charge >= 0.3 is 0 Å². The van der Waals surface area contributed by atoms with Gasteiger partial charge in [0.05, 0.1) is 43.9 Å². The molecule has 1 amide bonds. The first kappa shape index (κ1) is 37.3. The van der Waals surface area contributed by atoms with E-state index >= 15 is 0 Å². The molecule has 1 fully saturated rings. The van der Waals surface area contributed by atoms with Crippen molar-refractivity contribution in [1.82, 2.24) is 30.0 Å². The summed E-state index contributed by atoms with van der Waals surface area (Å²) in [7, 11) is 0.277. The fourth-order valence-corrected chi connectivity index (χ4v) is 9.54. The number of hydrogen-bond donors (Lipinski definition) is 0. The highest BCUT2D eigenvalue weighted by Crippen LogP contribution is 2.33. The van der Waals surface area contributed by atoms with Crippen molar-refractivity contribution in [2.75, 3.05) is 35.7 Å². The molecule has 2 aliphatic rings. The van der Waals surface area contributed by atoms with Crippen molar-refractivity contribution < 1.29 is 22.5 Å². The molecular formula is C41H42N8O5S2. The summed E-state index contributed by atoms with van der Waals surface area (Å²) in [6, 6.07) is 22.5. The number of aryl methyl sites for hydroxylation is 2. The molecule has 0 radical (unpaired) electrons. The lowest BCUT2D eigenvalue weighted by molar-refractivity contribution is 0.0730. The van der Waals surface area contributed by atoms with Crippen LogP contribution in [-0.2, 0) is 48.9 Å². The van der Waals surface area contributed by atoms with Crippen LogP contribution in [0.15, 0.2) is 82.7 Å². The van der Waals surface area contributed by atoms with Crippen LogP contribution in [0.25, 0.3) is 22.8 Å². The van der Waals surface area contributed by atoms with Gasteiger partial charge in [0.15, 0.2) is 11.6 Å². The number of carbonyl (C=O) groups is 1. The first-order valence-electron chi connectivity index (χ1n) is 18.7. The topological polar surface area (TPSA) is 148 Å². The molecule has 8 rings (SSSR count). The lowest BCUT2D eigenvalue weighted by atomic mass is 10.1. The van der Waals surface area contributed by atoms with Gasteiger partial charge in [0.25, 0.3) is 5.91 Å². The average molecular weight is 791 g/mol. The highest BCUT2D eigenvalue weighted by atomic mass is 32.2. The molecule has 13 nitrogen and oxygen atoms in total. The van der Waals surface area contributed by atoms with Gasteiger partial charge in [-0.15, -0.1) is 11.3 Å². The molecule has 6 aromatic rings. The molecule has 15 heteroatoms. The molecule has 0 saturated carbocycles. The van der Waals surface area contributed by atoms with E-state index in [1.54, 1.807) is 47.6 Å². The number of amides is 1. The largest absolute Gasteiger partial charge is 0.496 e. The van der Waals surface area contributed by atoms with Crippen molar-refractivity contribution >= 4 is 38.8 Å². The summed E-state index contributed by atoms with van der Waals surface area (Å²) in [4.78, 5) is 38.4. The van der Waals surface area contributed by atoms with Crippen molar-refractivity contribution in [1.29, 1.82) is 0 Å². The van der Waals surface area contributed by atoms with Gasteiger partial charge in [0.2, 0.25) is 15.9 Å². The summed E-state index contributed by atoms with van der Waals surface area (Å²) < 4.78 is 37.8. The van der Waals surface area contributed by atoms with Crippen molar-refractivity contribution in [2.24, 2.45) is 0 Å². The smallest absolute Gasteiger partial charge is 0.254 e. The second kappa shape index (κ2) is 15.8. The predicted octanol–water partition coefficient (Wildman–Crippen LogP) is 6.73. The van der Waals surface area contributed by atoms with E-state index in [4.69, 9.17) is 24.2 Å². The van der Waals surface area contributed by atoms with Gasteiger partial charge in [-0.25, -0.2) is 23.4 Å². The zero-order valence-electron chi connectivity index (χ0n) is 31.5. The van der Waals surface area contributed by atoms with Crippen molar-refractivity contribution in [3.63, 3.8) is 0 Å². The summed E-state index contributed by atoms with van der Waals surface area (Å²) in [5, 5.41) is 6.03. The Bertz CT molecular complexity index is 2470. The number of methoxy groups -OCH3 is 1. The molecule has 1 aliphatic heterocycles. The quantitative estimate of drug-likeness (QED) is 0.123. The molecular weight excluding hydrogens is 749 g/mol.